The van der Waals surface area contributed by atoms with Crippen molar-refractivity contribution in [2.24, 2.45) is 0 Å². The summed E-state index contributed by atoms with van der Waals surface area (Å²) in [5.41, 5.74) is 0. The number of carbonyl (C=O) groups excluding carboxylic acids is 1. The molecule has 0 spiro atoms. The summed E-state index contributed by atoms with van der Waals surface area (Å²) in [5.74, 6) is 0.0364. The Hall–Kier alpha value is -0.176. The third-order valence-corrected chi connectivity index (χ3v) is 12.2. The van der Waals surface area contributed by atoms with Gasteiger partial charge in [-0.3, -0.25) is 4.79 Å². The zero-order chi connectivity index (χ0) is 13.5. The lowest BCUT2D eigenvalue weighted by Crippen LogP contribution is -2.57. The summed E-state index contributed by atoms with van der Waals surface area (Å²) in [4.78, 5) is 11.0. The van der Waals surface area contributed by atoms with Crippen LogP contribution in [0.4, 0.5) is 0 Å². The van der Waals surface area contributed by atoms with E-state index in [4.69, 9.17) is 4.12 Å². The smallest absolute Gasteiger partial charge is 0.216 e. The van der Waals surface area contributed by atoms with Gasteiger partial charge in [-0.1, -0.05) is 13.8 Å². The lowest BCUT2D eigenvalue weighted by molar-refractivity contribution is -0.118. The Kier molecular flexibility index (Phi) is 7.23. The Morgan fingerprint density at radius 3 is 1.94 bits per heavy atom. The Morgan fingerprint density at radius 1 is 1.12 bits per heavy atom. The van der Waals surface area contributed by atoms with Crippen molar-refractivity contribution in [1.29, 1.82) is 0 Å². The summed E-state index contributed by atoms with van der Waals surface area (Å²) in [6.45, 7) is 10.4. The minimum atomic E-state index is -1.79. The highest BCUT2D eigenvalue weighted by molar-refractivity contribution is 6.86. The first-order chi connectivity index (χ1) is 7.81. The molecule has 0 aliphatic rings. The van der Waals surface area contributed by atoms with Crippen molar-refractivity contribution in [3.05, 3.63) is 0 Å². The molecule has 2 atom stereocenters. The van der Waals surface area contributed by atoms with Crippen molar-refractivity contribution >= 4 is 22.5 Å². The molecule has 0 bridgehead atoms. The third-order valence-electron chi connectivity index (χ3n) is 3.25. The van der Waals surface area contributed by atoms with Gasteiger partial charge in [0.15, 0.2) is 16.6 Å². The molecule has 1 amide bonds. The van der Waals surface area contributed by atoms with Gasteiger partial charge in [-0.15, -0.1) is 0 Å². The number of hydrogen-bond acceptors (Lipinski definition) is 3. The van der Waals surface area contributed by atoms with Gasteiger partial charge in [0.2, 0.25) is 5.91 Å². The summed E-state index contributed by atoms with van der Waals surface area (Å²) in [7, 11) is -1.47. The SMILES string of the molecule is CC[Si](C)(CNC)O[Si](C)(CC)CNC(C)=O. The Bertz CT molecular complexity index is 254. The second-order valence-corrected chi connectivity index (χ2v) is 13.9. The van der Waals surface area contributed by atoms with E-state index in [0.717, 1.165) is 24.4 Å². The maximum absolute atomic E-state index is 11.0. The van der Waals surface area contributed by atoms with Crippen LogP contribution in [0.3, 0.4) is 0 Å². The van der Waals surface area contributed by atoms with Crippen LogP contribution in [0.5, 0.6) is 0 Å². The van der Waals surface area contributed by atoms with Crippen LogP contribution in [0.1, 0.15) is 20.8 Å². The number of carbonyl (C=O) groups is 1. The fraction of sp³-hybridized carbons (Fsp3) is 0.909. The average molecular weight is 277 g/mol. The Balaban J connectivity index is 4.57. The van der Waals surface area contributed by atoms with Gasteiger partial charge in [0.1, 0.15) is 0 Å². The molecule has 0 aliphatic carbocycles. The van der Waals surface area contributed by atoms with E-state index in [-0.39, 0.29) is 5.91 Å². The highest BCUT2D eigenvalue weighted by Crippen LogP contribution is 2.20. The van der Waals surface area contributed by atoms with Gasteiger partial charge >= 0.3 is 0 Å². The molecule has 0 aromatic carbocycles. The van der Waals surface area contributed by atoms with E-state index in [1.165, 1.54) is 0 Å². The normalized spacial score (nSPS) is 18.2. The second-order valence-electron chi connectivity index (χ2n) is 5.15. The first kappa shape index (κ1) is 16.8. The van der Waals surface area contributed by atoms with Gasteiger partial charge in [-0.05, 0) is 32.2 Å². The molecule has 2 N–H and O–H groups in total. The number of amides is 1. The summed E-state index contributed by atoms with van der Waals surface area (Å²) >= 11 is 0. The molecule has 0 heterocycles. The van der Waals surface area contributed by atoms with Crippen LogP contribution in [0.25, 0.3) is 0 Å². The van der Waals surface area contributed by atoms with Crippen LogP contribution in [0, 0.1) is 0 Å². The van der Waals surface area contributed by atoms with Crippen molar-refractivity contribution in [2.75, 3.05) is 19.4 Å². The van der Waals surface area contributed by atoms with Crippen LogP contribution in [0.2, 0.25) is 25.2 Å². The third kappa shape index (κ3) is 6.35. The molecule has 0 fully saturated rings. The second kappa shape index (κ2) is 7.30. The standard InChI is InChI=1S/C11H28N2O2Si2/c1-7-16(5,9-12-4)15-17(6,8-2)10-13-11(3)14/h12H,7-10H2,1-6H3,(H,13,14). The van der Waals surface area contributed by atoms with E-state index >= 15 is 0 Å². The van der Waals surface area contributed by atoms with Crippen LogP contribution in [0.15, 0.2) is 0 Å². The van der Waals surface area contributed by atoms with Gasteiger partial charge in [0, 0.05) is 19.3 Å². The summed E-state index contributed by atoms with van der Waals surface area (Å²) in [5, 5.41) is 6.17. The quantitative estimate of drug-likeness (QED) is 0.663. The van der Waals surface area contributed by atoms with E-state index in [1.807, 2.05) is 7.05 Å². The average Bonchev–Trinajstić information content (AvgIpc) is 2.27. The van der Waals surface area contributed by atoms with Crippen molar-refractivity contribution in [2.45, 2.75) is 46.0 Å². The number of rotatable bonds is 8. The lowest BCUT2D eigenvalue weighted by atomic mass is 10.7. The van der Waals surface area contributed by atoms with Gasteiger partial charge in [0.05, 0.1) is 0 Å². The zero-order valence-corrected chi connectivity index (χ0v) is 14.1. The molecule has 0 radical (unpaired) electrons. The monoisotopic (exact) mass is 276 g/mol. The van der Waals surface area contributed by atoms with E-state index in [1.54, 1.807) is 6.92 Å². The maximum atomic E-state index is 11.0. The topological polar surface area (TPSA) is 50.4 Å². The lowest BCUT2D eigenvalue weighted by Gasteiger charge is -2.37. The van der Waals surface area contributed by atoms with E-state index < -0.39 is 16.6 Å². The minimum absolute atomic E-state index is 0.0364. The van der Waals surface area contributed by atoms with Gasteiger partial charge in [0.25, 0.3) is 0 Å². The highest BCUT2D eigenvalue weighted by Gasteiger charge is 2.37. The van der Waals surface area contributed by atoms with Gasteiger partial charge in [-0.2, -0.15) is 0 Å². The molecule has 4 nitrogen and oxygen atoms in total. The van der Waals surface area contributed by atoms with E-state index in [0.29, 0.717) is 0 Å². The van der Waals surface area contributed by atoms with Crippen LogP contribution >= 0.6 is 0 Å². The number of nitrogens with one attached hydrogen (secondary N) is 2. The Morgan fingerprint density at radius 2 is 1.59 bits per heavy atom. The fourth-order valence-electron chi connectivity index (χ4n) is 1.75. The summed E-state index contributed by atoms with van der Waals surface area (Å²) < 4.78 is 6.52. The Labute approximate surface area is 108 Å². The van der Waals surface area contributed by atoms with Crippen molar-refractivity contribution in [1.82, 2.24) is 10.6 Å². The molecule has 0 saturated carbocycles. The predicted octanol–water partition coefficient (Wildman–Crippen LogP) is 1.63. The largest absolute Gasteiger partial charge is 0.453 e. The fourth-order valence-corrected chi connectivity index (χ4v) is 10.1. The maximum Gasteiger partial charge on any atom is 0.216 e. The van der Waals surface area contributed by atoms with Crippen LogP contribution in [-0.2, 0) is 8.91 Å². The van der Waals surface area contributed by atoms with Crippen molar-refractivity contribution < 1.29 is 8.91 Å². The first-order valence-electron chi connectivity index (χ1n) is 6.40. The summed E-state index contributed by atoms with van der Waals surface area (Å²) in [6, 6.07) is 2.15. The van der Waals surface area contributed by atoms with Crippen LogP contribution < -0.4 is 10.6 Å². The molecule has 0 aromatic heterocycles. The van der Waals surface area contributed by atoms with Gasteiger partial charge in [-0.25, -0.2) is 0 Å². The van der Waals surface area contributed by atoms with Crippen LogP contribution in [-0.4, -0.2) is 41.9 Å². The molecular formula is C11H28N2O2Si2. The molecule has 0 rings (SSSR count). The minimum Gasteiger partial charge on any atom is -0.453 e. The highest BCUT2D eigenvalue weighted by atomic mass is 28.4. The molecule has 2 unspecified atom stereocenters. The van der Waals surface area contributed by atoms with E-state index in [9.17, 15) is 4.79 Å². The molecule has 102 valence electrons. The molecular weight excluding hydrogens is 248 g/mol. The van der Waals surface area contributed by atoms with E-state index in [2.05, 4.69) is 37.6 Å². The molecule has 0 saturated heterocycles. The molecule has 0 aliphatic heterocycles. The van der Waals surface area contributed by atoms with Gasteiger partial charge < -0.3 is 14.7 Å². The first-order valence-corrected chi connectivity index (χ1v) is 12.0. The zero-order valence-electron chi connectivity index (χ0n) is 12.1. The predicted molar refractivity (Wildman–Crippen MR) is 77.9 cm³/mol. The van der Waals surface area contributed by atoms with Crippen molar-refractivity contribution in [3.63, 3.8) is 0 Å². The molecule has 0 aromatic rings. The van der Waals surface area contributed by atoms with Crippen molar-refractivity contribution in [3.8, 4) is 0 Å². The molecule has 17 heavy (non-hydrogen) atoms. The summed E-state index contributed by atoms with van der Waals surface area (Å²) in [6.07, 6.45) is 1.71. The molecule has 6 heteroatoms. The number of hydrogen-bond donors (Lipinski definition) is 2.